The van der Waals surface area contributed by atoms with Gasteiger partial charge >= 0.3 is 12.1 Å². The van der Waals surface area contributed by atoms with Crippen LogP contribution in [0, 0.1) is 0 Å². The molecule has 0 aliphatic carbocycles. The number of nitrogens with one attached hydrogen (secondary N) is 2. The number of benzene rings is 3. The van der Waals surface area contributed by atoms with Gasteiger partial charge in [0.15, 0.2) is 0 Å². The van der Waals surface area contributed by atoms with E-state index in [1.807, 2.05) is 66.7 Å². The molecule has 2 aliphatic heterocycles. The molecule has 2 atom stereocenters. The maximum Gasteiger partial charge on any atom is 0.407 e. The average Bonchev–Trinajstić information content (AvgIpc) is 3.06. The number of piperazine rings is 1. The van der Waals surface area contributed by atoms with Crippen molar-refractivity contribution < 1.29 is 28.7 Å². The highest BCUT2D eigenvalue weighted by molar-refractivity contribution is 5.92. The summed E-state index contributed by atoms with van der Waals surface area (Å²) in [7, 11) is 3.29. The first kappa shape index (κ1) is 32.3. The molecule has 0 saturated carbocycles. The molecule has 0 aromatic heterocycles. The molecule has 2 fully saturated rings. The van der Waals surface area contributed by atoms with Gasteiger partial charge in [-0.2, -0.15) is 0 Å². The number of carbonyl (C=O) groups excluding carboxylic acids is 4. The molecule has 2 N–H and O–H groups in total. The van der Waals surface area contributed by atoms with Crippen LogP contribution >= 0.6 is 0 Å². The van der Waals surface area contributed by atoms with Crippen LogP contribution in [0.3, 0.4) is 0 Å². The van der Waals surface area contributed by atoms with Gasteiger partial charge in [-0.25, -0.2) is 19.6 Å². The van der Waals surface area contributed by atoms with E-state index in [1.54, 1.807) is 29.0 Å². The lowest BCUT2D eigenvalue weighted by Gasteiger charge is -2.54. The van der Waals surface area contributed by atoms with E-state index in [4.69, 9.17) is 9.47 Å². The zero-order valence-corrected chi connectivity index (χ0v) is 26.2. The zero-order chi connectivity index (χ0) is 32.6. The van der Waals surface area contributed by atoms with E-state index >= 15 is 0 Å². The summed E-state index contributed by atoms with van der Waals surface area (Å²) < 4.78 is 10.2. The van der Waals surface area contributed by atoms with Crippen molar-refractivity contribution in [1.82, 2.24) is 30.5 Å². The lowest BCUT2D eigenvalue weighted by molar-refractivity contribution is -0.188. The Morgan fingerprint density at radius 2 is 1.78 bits per heavy atom. The summed E-state index contributed by atoms with van der Waals surface area (Å²) in [6.07, 6.45) is 0.867. The van der Waals surface area contributed by atoms with Gasteiger partial charge in [-0.05, 0) is 46.9 Å². The standard InChI is InChI=1S/C34H40N6O6/c1-4-19-46-34(44)35-18-8-13-29-32(42)38(21-26-11-7-10-25-9-5-6-12-28(25)26)22-30-39(29)31(41)23-37(2)40(30)33(43)36-20-24-14-16-27(45-3)17-15-24/h4-7,9-12,14-17,29-30H,1,8,13,18-23H2,2-3H3,(H,35,44)(H,36,43)/t29-,30-/m0/s1. The Bertz CT molecular complexity index is 1570. The van der Waals surface area contributed by atoms with E-state index < -0.39 is 18.3 Å². The molecule has 5 amide bonds. The average molecular weight is 629 g/mol. The molecule has 0 radical (unpaired) electrons. The number of amides is 5. The fourth-order valence-electron chi connectivity index (χ4n) is 6.03. The predicted molar refractivity (Wildman–Crippen MR) is 172 cm³/mol. The van der Waals surface area contributed by atoms with Gasteiger partial charge in [-0.15, -0.1) is 0 Å². The number of rotatable bonds is 11. The summed E-state index contributed by atoms with van der Waals surface area (Å²) in [5.74, 6) is 0.274. The van der Waals surface area contributed by atoms with Gasteiger partial charge < -0.3 is 29.9 Å². The molecule has 2 heterocycles. The Labute approximate surface area is 268 Å². The third-order valence-corrected chi connectivity index (χ3v) is 8.25. The first-order valence-corrected chi connectivity index (χ1v) is 15.3. The molecule has 0 unspecified atom stereocenters. The molecule has 3 aromatic carbocycles. The first-order valence-electron chi connectivity index (χ1n) is 15.3. The van der Waals surface area contributed by atoms with E-state index in [2.05, 4.69) is 17.2 Å². The van der Waals surface area contributed by atoms with Crippen molar-refractivity contribution in [3.63, 3.8) is 0 Å². The third kappa shape index (κ3) is 7.23. The summed E-state index contributed by atoms with van der Waals surface area (Å²) >= 11 is 0. The quantitative estimate of drug-likeness (QED) is 0.246. The molecular formula is C34H40N6O6. The van der Waals surface area contributed by atoms with Crippen molar-refractivity contribution >= 4 is 34.7 Å². The number of carbonyl (C=O) groups is 4. The fraction of sp³-hybridized carbons (Fsp3) is 0.353. The molecule has 242 valence electrons. The van der Waals surface area contributed by atoms with Crippen LogP contribution in [0.5, 0.6) is 5.75 Å². The van der Waals surface area contributed by atoms with Crippen LogP contribution in [0.4, 0.5) is 9.59 Å². The Morgan fingerprint density at radius 3 is 2.54 bits per heavy atom. The number of hydrazine groups is 1. The summed E-state index contributed by atoms with van der Waals surface area (Å²) in [6.45, 7) is 4.52. The Balaban J connectivity index is 1.38. The van der Waals surface area contributed by atoms with E-state index in [9.17, 15) is 19.2 Å². The maximum absolute atomic E-state index is 14.1. The molecule has 46 heavy (non-hydrogen) atoms. The molecule has 12 nitrogen and oxygen atoms in total. The molecule has 12 heteroatoms. The summed E-state index contributed by atoms with van der Waals surface area (Å²) in [5.41, 5.74) is 1.85. The number of urea groups is 1. The van der Waals surface area contributed by atoms with Crippen LogP contribution in [0.2, 0.25) is 0 Å². The van der Waals surface area contributed by atoms with Crippen LogP contribution in [-0.4, -0.2) is 96.4 Å². The van der Waals surface area contributed by atoms with Crippen molar-refractivity contribution in [3.05, 3.63) is 90.5 Å². The monoisotopic (exact) mass is 628 g/mol. The first-order chi connectivity index (χ1) is 22.3. The van der Waals surface area contributed by atoms with Gasteiger partial charge in [0.1, 0.15) is 24.6 Å². The van der Waals surface area contributed by atoms with Crippen molar-refractivity contribution in [2.75, 3.05) is 40.4 Å². The number of ether oxygens (including phenoxy) is 2. The van der Waals surface area contributed by atoms with Crippen molar-refractivity contribution in [2.24, 2.45) is 0 Å². The van der Waals surface area contributed by atoms with E-state index in [0.717, 1.165) is 21.9 Å². The summed E-state index contributed by atoms with van der Waals surface area (Å²) in [6, 6.07) is 20.2. The van der Waals surface area contributed by atoms with E-state index in [-0.39, 0.29) is 50.6 Å². The minimum absolute atomic E-state index is 0.0638. The topological polar surface area (TPSA) is 124 Å². The number of nitrogens with zero attached hydrogens (tertiary/aromatic N) is 4. The molecular weight excluding hydrogens is 588 g/mol. The van der Waals surface area contributed by atoms with Gasteiger partial charge in [0, 0.05) is 26.7 Å². The van der Waals surface area contributed by atoms with Crippen molar-refractivity contribution in [1.29, 1.82) is 0 Å². The highest BCUT2D eigenvalue weighted by atomic mass is 16.5. The predicted octanol–water partition coefficient (Wildman–Crippen LogP) is 3.48. The molecule has 0 spiro atoms. The summed E-state index contributed by atoms with van der Waals surface area (Å²) in [5, 5.41) is 10.9. The van der Waals surface area contributed by atoms with Gasteiger partial charge in [0.25, 0.3) is 0 Å². The van der Waals surface area contributed by atoms with Crippen molar-refractivity contribution in [2.45, 2.75) is 38.1 Å². The van der Waals surface area contributed by atoms with Crippen molar-refractivity contribution in [3.8, 4) is 5.75 Å². The number of methoxy groups -OCH3 is 1. The molecule has 0 bridgehead atoms. The highest BCUT2D eigenvalue weighted by Gasteiger charge is 2.50. The van der Waals surface area contributed by atoms with E-state index in [1.165, 1.54) is 11.1 Å². The van der Waals surface area contributed by atoms with E-state index in [0.29, 0.717) is 25.1 Å². The molecule has 2 saturated heterocycles. The molecule has 3 aromatic rings. The highest BCUT2D eigenvalue weighted by Crippen LogP contribution is 2.30. The minimum Gasteiger partial charge on any atom is -0.497 e. The van der Waals surface area contributed by atoms with Crippen LogP contribution in [0.15, 0.2) is 79.4 Å². The molecule has 5 rings (SSSR count). The third-order valence-electron chi connectivity index (χ3n) is 8.25. The Morgan fingerprint density at radius 1 is 1.02 bits per heavy atom. The van der Waals surface area contributed by atoms with Crippen LogP contribution in [0.1, 0.15) is 24.0 Å². The number of hydrogen-bond acceptors (Lipinski definition) is 7. The SMILES string of the molecule is C=CCOC(=O)NCCC[C@H]1C(=O)N(Cc2cccc3ccccc23)C[C@H]2N1C(=O)CN(C)N2C(=O)NCc1ccc(OC)cc1. The lowest BCUT2D eigenvalue weighted by atomic mass is 9.99. The maximum atomic E-state index is 14.1. The largest absolute Gasteiger partial charge is 0.497 e. The summed E-state index contributed by atoms with van der Waals surface area (Å²) in [4.78, 5) is 56.6. The second kappa shape index (κ2) is 14.8. The smallest absolute Gasteiger partial charge is 0.407 e. The molecule has 2 aliphatic rings. The minimum atomic E-state index is -0.821. The number of likely N-dealkylation sites (N-methyl/N-ethyl adjacent to an activating group) is 1. The van der Waals surface area contributed by atoms with Crippen LogP contribution in [-0.2, 0) is 27.4 Å². The fourth-order valence-corrected chi connectivity index (χ4v) is 6.03. The van der Waals surface area contributed by atoms with Crippen LogP contribution in [0.25, 0.3) is 10.8 Å². The number of hydrogen-bond donors (Lipinski definition) is 2. The van der Waals surface area contributed by atoms with Gasteiger partial charge in [0.2, 0.25) is 11.8 Å². The van der Waals surface area contributed by atoms with Gasteiger partial charge in [-0.1, -0.05) is 67.3 Å². The number of fused-ring (bicyclic) bond motifs is 2. The zero-order valence-electron chi connectivity index (χ0n) is 26.2. The lowest BCUT2D eigenvalue weighted by Crippen LogP contribution is -2.75. The second-order valence-electron chi connectivity index (χ2n) is 11.3. The Hall–Kier alpha value is -5.10. The second-order valence-corrected chi connectivity index (χ2v) is 11.3. The normalized spacial score (nSPS) is 18.3. The number of alkyl carbamates (subject to hydrolysis) is 1. The van der Waals surface area contributed by atoms with Gasteiger partial charge in [0.05, 0.1) is 20.2 Å². The van der Waals surface area contributed by atoms with Gasteiger partial charge in [-0.3, -0.25) is 9.59 Å². The Kier molecular flexibility index (Phi) is 10.4. The van der Waals surface area contributed by atoms with Crippen LogP contribution < -0.4 is 15.4 Å².